The van der Waals surface area contributed by atoms with Crippen molar-refractivity contribution in [2.45, 2.75) is 19.4 Å². The van der Waals surface area contributed by atoms with Crippen molar-refractivity contribution in [2.24, 2.45) is 0 Å². The summed E-state index contributed by atoms with van der Waals surface area (Å²) in [6, 6.07) is 6.69. The molecule has 104 valence electrons. The molecule has 19 heavy (non-hydrogen) atoms. The number of amides is 1. The second-order valence-electron chi connectivity index (χ2n) is 4.17. The number of aliphatic carboxylic acids is 1. The van der Waals surface area contributed by atoms with E-state index in [4.69, 9.17) is 16.7 Å². The zero-order valence-corrected chi connectivity index (χ0v) is 11.4. The summed E-state index contributed by atoms with van der Waals surface area (Å²) >= 11 is 5.85. The summed E-state index contributed by atoms with van der Waals surface area (Å²) in [7, 11) is 0. The Hall–Kier alpha value is -1.59. The predicted molar refractivity (Wildman–Crippen MR) is 73.3 cm³/mol. The van der Waals surface area contributed by atoms with Gasteiger partial charge in [0.25, 0.3) is 0 Å². The Balaban J connectivity index is 2.22. The molecule has 0 fully saturated rings. The fourth-order valence-corrected chi connectivity index (χ4v) is 1.65. The van der Waals surface area contributed by atoms with Gasteiger partial charge in [0.15, 0.2) is 0 Å². The molecule has 6 heteroatoms. The van der Waals surface area contributed by atoms with Gasteiger partial charge in [0.1, 0.15) is 6.04 Å². The number of rotatable bonds is 7. The SMILES string of the molecule is C[C@@H](NCC(=O)NCCc1cccc(Cl)c1)C(=O)O. The number of benzene rings is 1. The lowest BCUT2D eigenvalue weighted by Crippen LogP contribution is -2.41. The first-order valence-corrected chi connectivity index (χ1v) is 6.34. The lowest BCUT2D eigenvalue weighted by atomic mass is 10.1. The van der Waals surface area contributed by atoms with E-state index >= 15 is 0 Å². The first kappa shape index (κ1) is 15.5. The van der Waals surface area contributed by atoms with Crippen molar-refractivity contribution < 1.29 is 14.7 Å². The number of hydrogen-bond donors (Lipinski definition) is 3. The van der Waals surface area contributed by atoms with Crippen LogP contribution in [0.3, 0.4) is 0 Å². The van der Waals surface area contributed by atoms with Gasteiger partial charge in [-0.3, -0.25) is 14.9 Å². The molecule has 0 heterocycles. The van der Waals surface area contributed by atoms with Gasteiger partial charge in [-0.2, -0.15) is 0 Å². The fraction of sp³-hybridized carbons (Fsp3) is 0.385. The summed E-state index contributed by atoms with van der Waals surface area (Å²) < 4.78 is 0. The first-order valence-electron chi connectivity index (χ1n) is 5.96. The largest absolute Gasteiger partial charge is 0.480 e. The molecular weight excluding hydrogens is 268 g/mol. The minimum Gasteiger partial charge on any atom is -0.480 e. The third-order valence-corrected chi connectivity index (χ3v) is 2.80. The maximum absolute atomic E-state index is 11.4. The zero-order chi connectivity index (χ0) is 14.3. The topological polar surface area (TPSA) is 78.4 Å². The van der Waals surface area contributed by atoms with Gasteiger partial charge >= 0.3 is 5.97 Å². The van der Waals surface area contributed by atoms with Crippen LogP contribution >= 0.6 is 11.6 Å². The molecule has 0 spiro atoms. The van der Waals surface area contributed by atoms with Crippen molar-refractivity contribution in [2.75, 3.05) is 13.1 Å². The van der Waals surface area contributed by atoms with Gasteiger partial charge in [0, 0.05) is 11.6 Å². The highest BCUT2D eigenvalue weighted by molar-refractivity contribution is 6.30. The lowest BCUT2D eigenvalue weighted by molar-refractivity contribution is -0.139. The highest BCUT2D eigenvalue weighted by atomic mass is 35.5. The maximum atomic E-state index is 11.4. The quantitative estimate of drug-likeness (QED) is 0.700. The molecule has 0 saturated carbocycles. The minimum atomic E-state index is -0.980. The van der Waals surface area contributed by atoms with E-state index < -0.39 is 12.0 Å². The third-order valence-electron chi connectivity index (χ3n) is 2.56. The third kappa shape index (κ3) is 6.22. The van der Waals surface area contributed by atoms with E-state index in [2.05, 4.69) is 10.6 Å². The number of nitrogens with one attached hydrogen (secondary N) is 2. The Bertz CT molecular complexity index is 451. The van der Waals surface area contributed by atoms with Gasteiger partial charge in [-0.25, -0.2) is 0 Å². The van der Waals surface area contributed by atoms with Crippen molar-refractivity contribution >= 4 is 23.5 Å². The van der Waals surface area contributed by atoms with Crippen LogP contribution < -0.4 is 10.6 Å². The average Bonchev–Trinajstić information content (AvgIpc) is 2.36. The minimum absolute atomic E-state index is 0.0109. The number of carboxylic acids is 1. The van der Waals surface area contributed by atoms with Crippen LogP contribution in [0.4, 0.5) is 0 Å². The van der Waals surface area contributed by atoms with E-state index in [-0.39, 0.29) is 12.5 Å². The second-order valence-corrected chi connectivity index (χ2v) is 4.61. The predicted octanol–water partition coefficient (Wildman–Crippen LogP) is 1.06. The molecule has 1 amide bonds. The molecule has 1 aromatic carbocycles. The van der Waals surface area contributed by atoms with Crippen molar-refractivity contribution in [1.82, 2.24) is 10.6 Å². The Labute approximate surface area is 117 Å². The van der Waals surface area contributed by atoms with Crippen LogP contribution in [0.1, 0.15) is 12.5 Å². The van der Waals surface area contributed by atoms with Crippen molar-refractivity contribution in [3.05, 3.63) is 34.9 Å². The Morgan fingerprint density at radius 2 is 2.16 bits per heavy atom. The van der Waals surface area contributed by atoms with Crippen LogP contribution in [-0.4, -0.2) is 36.1 Å². The zero-order valence-electron chi connectivity index (χ0n) is 10.6. The van der Waals surface area contributed by atoms with E-state index in [1.54, 1.807) is 6.07 Å². The molecule has 1 atom stereocenters. The Morgan fingerprint density at radius 3 is 2.79 bits per heavy atom. The maximum Gasteiger partial charge on any atom is 0.320 e. The molecule has 1 rings (SSSR count). The van der Waals surface area contributed by atoms with E-state index in [0.717, 1.165) is 5.56 Å². The summed E-state index contributed by atoms with van der Waals surface area (Å²) in [5.41, 5.74) is 1.04. The normalized spacial score (nSPS) is 11.9. The van der Waals surface area contributed by atoms with Crippen molar-refractivity contribution in [3.63, 3.8) is 0 Å². The van der Waals surface area contributed by atoms with E-state index in [1.807, 2.05) is 18.2 Å². The van der Waals surface area contributed by atoms with E-state index in [9.17, 15) is 9.59 Å². The number of carbonyl (C=O) groups excluding carboxylic acids is 1. The van der Waals surface area contributed by atoms with Crippen LogP contribution in [0.2, 0.25) is 5.02 Å². The summed E-state index contributed by atoms with van der Waals surface area (Å²) in [5, 5.41) is 14.6. The summed E-state index contributed by atoms with van der Waals surface area (Å²) in [6.45, 7) is 1.97. The standard InChI is InChI=1S/C13H17ClN2O3/c1-9(13(18)19)16-8-12(17)15-6-5-10-3-2-4-11(14)7-10/h2-4,7,9,16H,5-6,8H2,1H3,(H,15,17)(H,18,19)/t9-/m1/s1. The molecule has 0 aliphatic carbocycles. The lowest BCUT2D eigenvalue weighted by Gasteiger charge is -2.09. The van der Waals surface area contributed by atoms with Crippen LogP contribution in [-0.2, 0) is 16.0 Å². The van der Waals surface area contributed by atoms with Crippen LogP contribution in [0, 0.1) is 0 Å². The molecule has 3 N–H and O–H groups in total. The number of hydrogen-bond acceptors (Lipinski definition) is 3. The highest BCUT2D eigenvalue weighted by Gasteiger charge is 2.11. The Morgan fingerprint density at radius 1 is 1.42 bits per heavy atom. The van der Waals surface area contributed by atoms with Gasteiger partial charge < -0.3 is 10.4 Å². The smallest absolute Gasteiger partial charge is 0.320 e. The molecule has 0 saturated heterocycles. The molecule has 5 nitrogen and oxygen atoms in total. The summed E-state index contributed by atoms with van der Waals surface area (Å²) in [6.07, 6.45) is 0.681. The van der Waals surface area contributed by atoms with Crippen LogP contribution in [0.5, 0.6) is 0 Å². The van der Waals surface area contributed by atoms with Gasteiger partial charge in [-0.05, 0) is 31.0 Å². The van der Waals surface area contributed by atoms with Crippen LogP contribution in [0.15, 0.2) is 24.3 Å². The fourth-order valence-electron chi connectivity index (χ4n) is 1.43. The summed E-state index contributed by atoms with van der Waals surface area (Å²) in [5.74, 6) is -1.21. The number of halogens is 1. The monoisotopic (exact) mass is 284 g/mol. The van der Waals surface area contributed by atoms with E-state index in [1.165, 1.54) is 6.92 Å². The molecular formula is C13H17ClN2O3. The van der Waals surface area contributed by atoms with Gasteiger partial charge in [-0.1, -0.05) is 23.7 Å². The molecule has 1 aromatic rings. The van der Waals surface area contributed by atoms with Gasteiger partial charge in [0.2, 0.25) is 5.91 Å². The van der Waals surface area contributed by atoms with Gasteiger partial charge in [-0.15, -0.1) is 0 Å². The molecule has 0 bridgehead atoms. The molecule has 0 radical (unpaired) electrons. The molecule has 0 aliphatic heterocycles. The summed E-state index contributed by atoms with van der Waals surface area (Å²) in [4.78, 5) is 22.0. The molecule has 0 aromatic heterocycles. The second kappa shape index (κ2) is 7.76. The average molecular weight is 285 g/mol. The van der Waals surface area contributed by atoms with Crippen molar-refractivity contribution in [1.29, 1.82) is 0 Å². The first-order chi connectivity index (χ1) is 8.99. The van der Waals surface area contributed by atoms with E-state index in [0.29, 0.717) is 18.0 Å². The number of carbonyl (C=O) groups is 2. The Kier molecular flexibility index (Phi) is 6.32. The molecule has 0 unspecified atom stereocenters. The number of carboxylic acid groups (broad SMARTS) is 1. The van der Waals surface area contributed by atoms with Gasteiger partial charge in [0.05, 0.1) is 6.54 Å². The molecule has 0 aliphatic rings. The van der Waals surface area contributed by atoms with Crippen molar-refractivity contribution in [3.8, 4) is 0 Å². The highest BCUT2D eigenvalue weighted by Crippen LogP contribution is 2.10. The van der Waals surface area contributed by atoms with Crippen LogP contribution in [0.25, 0.3) is 0 Å².